The van der Waals surface area contributed by atoms with E-state index < -0.39 is 0 Å². The van der Waals surface area contributed by atoms with Crippen molar-refractivity contribution in [3.05, 3.63) is 18.0 Å². The second-order valence-electron chi connectivity index (χ2n) is 7.58. The smallest absolute Gasteiger partial charge is 0.309 e. The van der Waals surface area contributed by atoms with Crippen LogP contribution in [0.15, 0.2) is 12.1 Å². The van der Waals surface area contributed by atoms with Crippen molar-refractivity contribution in [1.82, 2.24) is 24.7 Å². The number of hydrogen-bond donors (Lipinski definition) is 0. The van der Waals surface area contributed by atoms with Gasteiger partial charge in [0, 0.05) is 39.0 Å². The molecular formula is C20H28N6O4. The van der Waals surface area contributed by atoms with Gasteiger partial charge in [-0.05, 0) is 31.9 Å². The zero-order valence-corrected chi connectivity index (χ0v) is 17.3. The number of carbonyl (C=O) groups excluding carboxylic acids is 2. The molecule has 2 aliphatic rings. The molecule has 4 heterocycles. The largest absolute Gasteiger partial charge is 0.466 e. The van der Waals surface area contributed by atoms with Gasteiger partial charge in [0.2, 0.25) is 5.91 Å². The summed E-state index contributed by atoms with van der Waals surface area (Å²) in [5.41, 5.74) is 0.671. The van der Waals surface area contributed by atoms with Crippen LogP contribution in [0.2, 0.25) is 0 Å². The number of esters is 1. The standard InChI is InChI=1S/C20H28N6O4/c1-2-30-20(28)15-7-9-25(10-8-15)19(27)6-5-17-22-21-16-3-4-18(23-26(16)17)24-11-13-29-14-12-24/h3-4,15H,2,5-14H2,1H3. The molecule has 2 fully saturated rings. The third-order valence-corrected chi connectivity index (χ3v) is 5.68. The Morgan fingerprint density at radius 1 is 1.13 bits per heavy atom. The van der Waals surface area contributed by atoms with Crippen molar-refractivity contribution in [3.63, 3.8) is 0 Å². The van der Waals surface area contributed by atoms with Crippen molar-refractivity contribution in [3.8, 4) is 0 Å². The van der Waals surface area contributed by atoms with E-state index in [1.165, 1.54) is 0 Å². The van der Waals surface area contributed by atoms with Gasteiger partial charge in [-0.1, -0.05) is 0 Å². The van der Waals surface area contributed by atoms with E-state index in [2.05, 4.69) is 20.2 Å². The lowest BCUT2D eigenvalue weighted by Gasteiger charge is -2.30. The number of amides is 1. The Kier molecular flexibility index (Phi) is 6.41. The van der Waals surface area contributed by atoms with E-state index in [-0.39, 0.29) is 17.8 Å². The maximum atomic E-state index is 12.7. The van der Waals surface area contributed by atoms with Gasteiger partial charge in [-0.25, -0.2) is 0 Å². The fourth-order valence-electron chi connectivity index (χ4n) is 3.94. The number of hydrogen-bond acceptors (Lipinski definition) is 8. The molecule has 0 N–H and O–H groups in total. The number of piperidine rings is 1. The molecule has 2 aromatic rings. The average Bonchev–Trinajstić information content (AvgIpc) is 3.20. The van der Waals surface area contributed by atoms with Gasteiger partial charge < -0.3 is 19.3 Å². The molecule has 0 spiro atoms. The number of anilines is 1. The third-order valence-electron chi connectivity index (χ3n) is 5.68. The third kappa shape index (κ3) is 4.53. The summed E-state index contributed by atoms with van der Waals surface area (Å²) < 4.78 is 12.2. The second kappa shape index (κ2) is 9.38. The molecule has 4 rings (SSSR count). The Hall–Kier alpha value is -2.75. The van der Waals surface area contributed by atoms with Crippen molar-refractivity contribution in [2.45, 2.75) is 32.6 Å². The van der Waals surface area contributed by atoms with Gasteiger partial charge in [0.15, 0.2) is 11.5 Å². The molecule has 0 unspecified atom stereocenters. The quantitative estimate of drug-likeness (QED) is 0.634. The summed E-state index contributed by atoms with van der Waals surface area (Å²) in [7, 11) is 0. The molecule has 30 heavy (non-hydrogen) atoms. The Bertz CT molecular complexity index is 887. The van der Waals surface area contributed by atoms with Gasteiger partial charge in [0.25, 0.3) is 0 Å². The second-order valence-corrected chi connectivity index (χ2v) is 7.58. The fourth-order valence-corrected chi connectivity index (χ4v) is 3.94. The first kappa shape index (κ1) is 20.5. The summed E-state index contributed by atoms with van der Waals surface area (Å²) in [5, 5.41) is 13.1. The molecule has 162 valence electrons. The van der Waals surface area contributed by atoms with Gasteiger partial charge >= 0.3 is 5.97 Å². The normalized spacial score (nSPS) is 18.0. The van der Waals surface area contributed by atoms with Crippen molar-refractivity contribution >= 4 is 23.3 Å². The van der Waals surface area contributed by atoms with Gasteiger partial charge in [0.05, 0.1) is 25.7 Å². The summed E-state index contributed by atoms with van der Waals surface area (Å²) in [5.74, 6) is 1.35. The Balaban J connectivity index is 1.34. The Morgan fingerprint density at radius 3 is 2.63 bits per heavy atom. The lowest BCUT2D eigenvalue weighted by molar-refractivity contribution is -0.151. The van der Waals surface area contributed by atoms with E-state index in [4.69, 9.17) is 9.47 Å². The number of morpholine rings is 1. The van der Waals surface area contributed by atoms with Gasteiger partial charge in [-0.3, -0.25) is 9.59 Å². The first-order chi connectivity index (χ1) is 14.7. The monoisotopic (exact) mass is 416 g/mol. The predicted octanol–water partition coefficient (Wildman–Crippen LogP) is 0.695. The lowest BCUT2D eigenvalue weighted by Crippen LogP contribution is -2.40. The number of rotatable bonds is 6. The molecule has 2 aliphatic heterocycles. The van der Waals surface area contributed by atoms with E-state index >= 15 is 0 Å². The maximum absolute atomic E-state index is 12.7. The van der Waals surface area contributed by atoms with Crippen LogP contribution in [0.1, 0.15) is 32.0 Å². The van der Waals surface area contributed by atoms with E-state index in [0.29, 0.717) is 70.1 Å². The van der Waals surface area contributed by atoms with Crippen LogP contribution in [0, 0.1) is 5.92 Å². The van der Waals surface area contributed by atoms with E-state index in [0.717, 1.165) is 18.9 Å². The predicted molar refractivity (Wildman–Crippen MR) is 108 cm³/mol. The molecule has 0 atom stereocenters. The Labute approximate surface area is 175 Å². The minimum Gasteiger partial charge on any atom is -0.466 e. The Morgan fingerprint density at radius 2 is 1.90 bits per heavy atom. The number of aryl methyl sites for hydroxylation is 1. The van der Waals surface area contributed by atoms with Crippen molar-refractivity contribution in [2.24, 2.45) is 5.92 Å². The van der Waals surface area contributed by atoms with Gasteiger partial charge in [-0.15, -0.1) is 15.3 Å². The summed E-state index contributed by atoms with van der Waals surface area (Å²) in [6.45, 7) is 6.36. The van der Waals surface area contributed by atoms with E-state index in [1.54, 1.807) is 4.52 Å². The highest BCUT2D eigenvalue weighted by Crippen LogP contribution is 2.20. The number of carbonyl (C=O) groups is 2. The SMILES string of the molecule is CCOC(=O)C1CCN(C(=O)CCc2nnc3ccc(N4CCOCC4)nn23)CC1. The van der Waals surface area contributed by atoms with Crippen molar-refractivity contribution in [1.29, 1.82) is 0 Å². The molecule has 0 aromatic carbocycles. The van der Waals surface area contributed by atoms with E-state index in [1.807, 2.05) is 24.0 Å². The van der Waals surface area contributed by atoms with Crippen LogP contribution in [0.5, 0.6) is 0 Å². The van der Waals surface area contributed by atoms with Crippen LogP contribution in [0.25, 0.3) is 5.65 Å². The molecule has 0 radical (unpaired) electrons. The van der Waals surface area contributed by atoms with Crippen LogP contribution in [0.4, 0.5) is 5.82 Å². The maximum Gasteiger partial charge on any atom is 0.309 e. The van der Waals surface area contributed by atoms with Crippen molar-refractivity contribution < 1.29 is 19.1 Å². The summed E-state index contributed by atoms with van der Waals surface area (Å²) in [6.07, 6.45) is 2.12. The van der Waals surface area contributed by atoms with Crippen LogP contribution >= 0.6 is 0 Å². The highest BCUT2D eigenvalue weighted by molar-refractivity contribution is 5.77. The molecule has 2 aromatic heterocycles. The number of aromatic nitrogens is 4. The minimum atomic E-state index is -0.151. The molecule has 10 nitrogen and oxygen atoms in total. The number of ether oxygens (including phenoxy) is 2. The minimum absolute atomic E-state index is 0.0680. The molecule has 10 heteroatoms. The first-order valence-corrected chi connectivity index (χ1v) is 10.6. The topological polar surface area (TPSA) is 102 Å². The van der Waals surface area contributed by atoms with Crippen LogP contribution in [-0.4, -0.2) is 82.6 Å². The molecule has 0 aliphatic carbocycles. The van der Waals surface area contributed by atoms with E-state index in [9.17, 15) is 9.59 Å². The van der Waals surface area contributed by atoms with Gasteiger partial charge in [-0.2, -0.15) is 4.52 Å². The van der Waals surface area contributed by atoms with Crippen LogP contribution in [-0.2, 0) is 25.5 Å². The molecular weight excluding hydrogens is 388 g/mol. The number of likely N-dealkylation sites (tertiary alicyclic amines) is 1. The number of nitrogens with zero attached hydrogens (tertiary/aromatic N) is 6. The van der Waals surface area contributed by atoms with Crippen LogP contribution in [0.3, 0.4) is 0 Å². The molecule has 0 bridgehead atoms. The van der Waals surface area contributed by atoms with Crippen molar-refractivity contribution in [2.75, 3.05) is 50.9 Å². The average molecular weight is 416 g/mol. The molecule has 1 amide bonds. The molecule has 0 saturated carbocycles. The first-order valence-electron chi connectivity index (χ1n) is 10.6. The van der Waals surface area contributed by atoms with Gasteiger partial charge in [0.1, 0.15) is 5.82 Å². The summed E-state index contributed by atoms with van der Waals surface area (Å²) in [6, 6.07) is 3.84. The fraction of sp³-hybridized carbons (Fsp3) is 0.650. The zero-order valence-electron chi connectivity index (χ0n) is 17.3. The highest BCUT2D eigenvalue weighted by Gasteiger charge is 2.28. The summed E-state index contributed by atoms with van der Waals surface area (Å²) in [4.78, 5) is 28.5. The van der Waals surface area contributed by atoms with Crippen LogP contribution < -0.4 is 4.90 Å². The summed E-state index contributed by atoms with van der Waals surface area (Å²) >= 11 is 0. The highest BCUT2D eigenvalue weighted by atomic mass is 16.5. The lowest BCUT2D eigenvalue weighted by atomic mass is 9.96. The zero-order chi connectivity index (χ0) is 20.9. The molecule has 2 saturated heterocycles. The number of fused-ring (bicyclic) bond motifs is 1.